The Morgan fingerprint density at radius 3 is 2.35 bits per heavy atom. The molecule has 9 nitrogen and oxygen atoms in total. The molecule has 0 spiro atoms. The highest BCUT2D eigenvalue weighted by Gasteiger charge is 2.15. The molecule has 0 bridgehead atoms. The van der Waals surface area contributed by atoms with Crippen LogP contribution in [0.5, 0.6) is 28.9 Å². The van der Waals surface area contributed by atoms with E-state index in [1.54, 1.807) is 63.8 Å². The number of fused-ring (bicyclic) bond motifs is 2. The Labute approximate surface area is 212 Å². The molecule has 3 N–H and O–H groups in total. The molecule has 0 unspecified atom stereocenters. The third-order valence-electron chi connectivity index (χ3n) is 5.92. The number of carbonyl (C=O) groups excluding carboxylic acids is 1. The number of hydrogen-bond donors (Lipinski definition) is 2. The van der Waals surface area contributed by atoms with Gasteiger partial charge in [-0.1, -0.05) is 12.1 Å². The summed E-state index contributed by atoms with van der Waals surface area (Å²) in [7, 11) is 4.69. The molecule has 1 heterocycles. The summed E-state index contributed by atoms with van der Waals surface area (Å²) in [6, 6.07) is 19.6. The molecule has 1 aromatic heterocycles. The number of nitrogens with zero attached hydrogens (tertiary/aromatic N) is 2. The lowest BCUT2D eigenvalue weighted by atomic mass is 10.0. The van der Waals surface area contributed by atoms with Crippen LogP contribution >= 0.6 is 0 Å². The quantitative estimate of drug-likeness (QED) is 0.286. The molecule has 0 atom stereocenters. The van der Waals surface area contributed by atoms with Crippen molar-refractivity contribution in [2.45, 2.75) is 0 Å². The van der Waals surface area contributed by atoms with Crippen LogP contribution in [0.25, 0.3) is 21.7 Å². The van der Waals surface area contributed by atoms with Gasteiger partial charge in [-0.15, -0.1) is 0 Å². The maximum Gasteiger partial charge on any atom is 0.256 e. The lowest BCUT2D eigenvalue weighted by Crippen LogP contribution is -2.13. The summed E-state index contributed by atoms with van der Waals surface area (Å²) >= 11 is 0. The number of nitrogens with two attached hydrogens (primary N) is 1. The predicted molar refractivity (Wildman–Crippen MR) is 142 cm³/mol. The Morgan fingerprint density at radius 2 is 1.59 bits per heavy atom. The SMILES string of the molecule is COc1ccc(NC(=O)c2cccc3cc(Oc4ncnc5cc(OC)c(OC)cc45)ccc23)c(N)c1. The Morgan fingerprint density at radius 1 is 0.811 bits per heavy atom. The molecule has 0 aliphatic heterocycles. The Hall–Kier alpha value is -5.05. The van der Waals surface area contributed by atoms with E-state index >= 15 is 0 Å². The van der Waals surface area contributed by atoms with Crippen molar-refractivity contribution in [2.24, 2.45) is 0 Å². The molecule has 186 valence electrons. The zero-order valence-electron chi connectivity index (χ0n) is 20.4. The summed E-state index contributed by atoms with van der Waals surface area (Å²) in [4.78, 5) is 21.7. The van der Waals surface area contributed by atoms with Crippen molar-refractivity contribution in [3.05, 3.63) is 78.6 Å². The first kappa shape index (κ1) is 23.7. The molecular formula is C28H24N4O5. The lowest BCUT2D eigenvalue weighted by Gasteiger charge is -2.13. The molecule has 0 aliphatic carbocycles. The summed E-state index contributed by atoms with van der Waals surface area (Å²) in [5.74, 6) is 2.36. The van der Waals surface area contributed by atoms with Crippen molar-refractivity contribution in [1.29, 1.82) is 0 Å². The number of ether oxygens (including phenoxy) is 4. The topological polar surface area (TPSA) is 118 Å². The van der Waals surface area contributed by atoms with E-state index in [-0.39, 0.29) is 5.91 Å². The van der Waals surface area contributed by atoms with E-state index in [0.717, 1.165) is 10.8 Å². The molecule has 4 aromatic carbocycles. The minimum Gasteiger partial charge on any atom is -0.497 e. The monoisotopic (exact) mass is 496 g/mol. The van der Waals surface area contributed by atoms with Gasteiger partial charge in [0.05, 0.1) is 43.6 Å². The van der Waals surface area contributed by atoms with Gasteiger partial charge in [0.25, 0.3) is 5.91 Å². The van der Waals surface area contributed by atoms with E-state index in [1.807, 2.05) is 24.3 Å². The van der Waals surface area contributed by atoms with Crippen molar-refractivity contribution >= 4 is 39.0 Å². The molecule has 9 heteroatoms. The second kappa shape index (κ2) is 9.90. The van der Waals surface area contributed by atoms with Crippen LogP contribution in [0, 0.1) is 0 Å². The van der Waals surface area contributed by atoms with Gasteiger partial charge in [0.15, 0.2) is 11.5 Å². The average Bonchev–Trinajstić information content (AvgIpc) is 2.93. The molecule has 5 aromatic rings. The normalized spacial score (nSPS) is 10.8. The van der Waals surface area contributed by atoms with Crippen molar-refractivity contribution in [2.75, 3.05) is 32.4 Å². The summed E-state index contributed by atoms with van der Waals surface area (Å²) < 4.78 is 22.1. The van der Waals surface area contributed by atoms with Gasteiger partial charge >= 0.3 is 0 Å². The fourth-order valence-electron chi connectivity index (χ4n) is 4.05. The lowest BCUT2D eigenvalue weighted by molar-refractivity contribution is 0.102. The van der Waals surface area contributed by atoms with Gasteiger partial charge in [-0.2, -0.15) is 0 Å². The maximum absolute atomic E-state index is 13.1. The molecule has 0 fully saturated rings. The van der Waals surface area contributed by atoms with Crippen molar-refractivity contribution in [3.8, 4) is 28.9 Å². The highest BCUT2D eigenvalue weighted by Crippen LogP contribution is 2.36. The first-order valence-corrected chi connectivity index (χ1v) is 11.3. The van der Waals surface area contributed by atoms with Gasteiger partial charge in [-0.25, -0.2) is 9.97 Å². The smallest absolute Gasteiger partial charge is 0.256 e. The summed E-state index contributed by atoms with van der Waals surface area (Å²) in [5.41, 5.74) is 8.14. The molecule has 5 rings (SSSR count). The van der Waals surface area contributed by atoms with Crippen LogP contribution < -0.4 is 30.0 Å². The Bertz CT molecular complexity index is 1640. The highest BCUT2D eigenvalue weighted by molar-refractivity contribution is 6.13. The third-order valence-corrected chi connectivity index (χ3v) is 5.92. The van der Waals surface area contributed by atoms with Gasteiger partial charge in [0, 0.05) is 17.7 Å². The number of anilines is 2. The second-order valence-corrected chi connectivity index (χ2v) is 8.10. The standard InChI is InChI=1S/C28H24N4O5/c1-34-17-8-10-23(22(29)12-17)32-27(33)20-6-4-5-16-11-18(7-9-19(16)20)37-28-21-13-25(35-2)26(36-3)14-24(21)30-15-31-28/h4-15H,29H2,1-3H3,(H,32,33). The largest absolute Gasteiger partial charge is 0.497 e. The van der Waals surface area contributed by atoms with Gasteiger partial charge in [0.2, 0.25) is 5.88 Å². The number of amides is 1. The van der Waals surface area contributed by atoms with E-state index in [2.05, 4.69) is 15.3 Å². The first-order valence-electron chi connectivity index (χ1n) is 11.3. The van der Waals surface area contributed by atoms with Gasteiger partial charge in [-0.05, 0) is 53.2 Å². The van der Waals surface area contributed by atoms with E-state index in [1.165, 1.54) is 6.33 Å². The number of hydrogen-bond acceptors (Lipinski definition) is 8. The van der Waals surface area contributed by atoms with Gasteiger partial charge in [0.1, 0.15) is 17.8 Å². The first-order chi connectivity index (χ1) is 18.0. The van der Waals surface area contributed by atoms with E-state index in [0.29, 0.717) is 56.7 Å². The van der Waals surface area contributed by atoms with E-state index < -0.39 is 0 Å². The number of carbonyl (C=O) groups is 1. The zero-order valence-corrected chi connectivity index (χ0v) is 20.4. The van der Waals surface area contributed by atoms with Crippen LogP contribution in [-0.2, 0) is 0 Å². The molecule has 0 saturated heterocycles. The van der Waals surface area contributed by atoms with Crippen LogP contribution in [-0.4, -0.2) is 37.2 Å². The highest BCUT2D eigenvalue weighted by atomic mass is 16.5. The Kier molecular flexibility index (Phi) is 6.34. The molecule has 0 saturated carbocycles. The predicted octanol–water partition coefficient (Wildman–Crippen LogP) is 5.44. The van der Waals surface area contributed by atoms with Gasteiger partial charge < -0.3 is 30.0 Å². The zero-order chi connectivity index (χ0) is 25.9. The van der Waals surface area contributed by atoms with E-state index in [9.17, 15) is 4.79 Å². The van der Waals surface area contributed by atoms with E-state index in [4.69, 9.17) is 24.7 Å². The van der Waals surface area contributed by atoms with Crippen LogP contribution in [0.4, 0.5) is 11.4 Å². The molecule has 0 radical (unpaired) electrons. The van der Waals surface area contributed by atoms with Crippen molar-refractivity contribution < 1.29 is 23.7 Å². The number of aromatic nitrogens is 2. The Balaban J connectivity index is 1.45. The van der Waals surface area contributed by atoms with Gasteiger partial charge in [-0.3, -0.25) is 4.79 Å². The number of rotatable bonds is 7. The summed E-state index contributed by atoms with van der Waals surface area (Å²) in [5, 5.41) is 5.13. The van der Waals surface area contributed by atoms with Crippen LogP contribution in [0.1, 0.15) is 10.4 Å². The summed E-state index contributed by atoms with van der Waals surface area (Å²) in [6.45, 7) is 0. The van der Waals surface area contributed by atoms with Crippen molar-refractivity contribution in [3.63, 3.8) is 0 Å². The third kappa shape index (κ3) is 4.62. The van der Waals surface area contributed by atoms with Crippen LogP contribution in [0.15, 0.2) is 73.1 Å². The number of methoxy groups -OCH3 is 3. The maximum atomic E-state index is 13.1. The minimum atomic E-state index is -0.279. The molecule has 0 aliphatic rings. The fourth-order valence-corrected chi connectivity index (χ4v) is 4.05. The van der Waals surface area contributed by atoms with Crippen LogP contribution in [0.2, 0.25) is 0 Å². The van der Waals surface area contributed by atoms with Crippen molar-refractivity contribution in [1.82, 2.24) is 9.97 Å². The number of benzene rings is 4. The number of nitrogen functional groups attached to an aromatic ring is 1. The molecule has 37 heavy (non-hydrogen) atoms. The fraction of sp³-hybridized carbons (Fsp3) is 0.107. The molecular weight excluding hydrogens is 472 g/mol. The second-order valence-electron chi connectivity index (χ2n) is 8.10. The van der Waals surface area contributed by atoms with Crippen LogP contribution in [0.3, 0.4) is 0 Å². The minimum absolute atomic E-state index is 0.279. The summed E-state index contributed by atoms with van der Waals surface area (Å²) in [6.07, 6.45) is 1.43. The average molecular weight is 497 g/mol. The molecule has 1 amide bonds. The number of nitrogens with one attached hydrogen (secondary N) is 1.